The van der Waals surface area contributed by atoms with Crippen molar-refractivity contribution in [2.45, 2.75) is 26.0 Å². The molecule has 3 atom stereocenters. The Labute approximate surface area is 217 Å². The topological polar surface area (TPSA) is 138 Å². The Bertz CT molecular complexity index is 1220. The van der Waals surface area contributed by atoms with Crippen molar-refractivity contribution in [1.29, 1.82) is 0 Å². The van der Waals surface area contributed by atoms with Gasteiger partial charge >= 0.3 is 6.03 Å². The van der Waals surface area contributed by atoms with Crippen LogP contribution in [0, 0.1) is 5.92 Å². The van der Waals surface area contributed by atoms with Crippen molar-refractivity contribution in [2.24, 2.45) is 5.92 Å². The SMILES string of the molecule is COc1ccc(NC(=O)Nc2ccc3c(c2)C(=O)N([C@@H](C)CO)C[C@@H](C)[C@H](CN(C)S(C)(=O)=O)O3)cc1. The number of aliphatic hydroxyl groups excluding tert-OH is 1. The van der Waals surface area contributed by atoms with Crippen LogP contribution in [-0.4, -0.2) is 86.9 Å². The first kappa shape index (κ1) is 28.2. The third-order valence-electron chi connectivity index (χ3n) is 6.27. The van der Waals surface area contributed by atoms with Crippen LogP contribution in [0.2, 0.25) is 0 Å². The smallest absolute Gasteiger partial charge is 0.323 e. The average molecular weight is 535 g/mol. The molecule has 0 radical (unpaired) electrons. The number of hydrogen-bond acceptors (Lipinski definition) is 7. The van der Waals surface area contributed by atoms with Crippen molar-refractivity contribution in [3.05, 3.63) is 48.0 Å². The first-order valence-electron chi connectivity index (χ1n) is 11.8. The van der Waals surface area contributed by atoms with Crippen LogP contribution in [-0.2, 0) is 10.0 Å². The molecule has 0 saturated carbocycles. The van der Waals surface area contributed by atoms with E-state index in [1.165, 1.54) is 17.4 Å². The molecule has 0 fully saturated rings. The summed E-state index contributed by atoms with van der Waals surface area (Å²) in [6.45, 7) is 3.69. The highest BCUT2D eigenvalue weighted by Crippen LogP contribution is 2.31. The molecule has 11 nitrogen and oxygen atoms in total. The van der Waals surface area contributed by atoms with Gasteiger partial charge in [-0.05, 0) is 49.4 Å². The van der Waals surface area contributed by atoms with E-state index in [0.29, 0.717) is 17.1 Å². The molecule has 0 aromatic heterocycles. The Kier molecular flexibility index (Phi) is 9.00. The van der Waals surface area contributed by atoms with E-state index in [0.717, 1.165) is 6.26 Å². The van der Waals surface area contributed by atoms with E-state index >= 15 is 0 Å². The fourth-order valence-electron chi connectivity index (χ4n) is 3.87. The Morgan fingerprint density at radius 1 is 1.22 bits per heavy atom. The summed E-state index contributed by atoms with van der Waals surface area (Å²) in [5.41, 5.74) is 1.11. The molecule has 0 spiro atoms. The van der Waals surface area contributed by atoms with E-state index in [1.807, 2.05) is 6.92 Å². The highest BCUT2D eigenvalue weighted by atomic mass is 32.2. The van der Waals surface area contributed by atoms with E-state index < -0.39 is 28.2 Å². The minimum atomic E-state index is -3.45. The number of ether oxygens (including phenoxy) is 2. The molecule has 0 unspecified atom stereocenters. The number of nitrogens with one attached hydrogen (secondary N) is 2. The van der Waals surface area contributed by atoms with Gasteiger partial charge in [-0.2, -0.15) is 0 Å². The highest BCUT2D eigenvalue weighted by molar-refractivity contribution is 7.88. The largest absolute Gasteiger partial charge is 0.497 e. The summed E-state index contributed by atoms with van der Waals surface area (Å²) < 4.78 is 36.5. The molecule has 3 amide bonds. The lowest BCUT2D eigenvalue weighted by Crippen LogP contribution is -2.50. The molecular formula is C25H34N4O7S. The van der Waals surface area contributed by atoms with Crippen molar-refractivity contribution in [1.82, 2.24) is 9.21 Å². The number of hydrogen-bond donors (Lipinski definition) is 3. The summed E-state index contributed by atoms with van der Waals surface area (Å²) >= 11 is 0. The number of sulfonamides is 1. The zero-order chi connectivity index (χ0) is 27.3. The first-order valence-corrected chi connectivity index (χ1v) is 13.6. The maximum atomic E-state index is 13.5. The lowest BCUT2D eigenvalue weighted by atomic mass is 9.99. The normalized spacial score (nSPS) is 18.8. The Balaban J connectivity index is 1.88. The van der Waals surface area contributed by atoms with Crippen LogP contribution in [0.5, 0.6) is 11.5 Å². The van der Waals surface area contributed by atoms with Crippen molar-refractivity contribution in [3.63, 3.8) is 0 Å². The monoisotopic (exact) mass is 534 g/mol. The fourth-order valence-corrected chi connectivity index (χ4v) is 4.29. The van der Waals surface area contributed by atoms with Crippen molar-refractivity contribution < 1.29 is 32.6 Å². The van der Waals surface area contributed by atoms with Crippen molar-refractivity contribution in [2.75, 3.05) is 50.7 Å². The summed E-state index contributed by atoms with van der Waals surface area (Å²) in [6.07, 6.45) is 0.560. The number of carbonyl (C=O) groups excluding carboxylic acids is 2. The maximum Gasteiger partial charge on any atom is 0.323 e. The second-order valence-corrected chi connectivity index (χ2v) is 11.3. The third-order valence-corrected chi connectivity index (χ3v) is 7.56. The molecule has 2 aromatic rings. The number of fused-ring (bicyclic) bond motifs is 1. The molecule has 0 saturated heterocycles. The molecule has 2 aromatic carbocycles. The fraction of sp³-hybridized carbons (Fsp3) is 0.440. The summed E-state index contributed by atoms with van der Waals surface area (Å²) in [7, 11) is -0.426. The van der Waals surface area contributed by atoms with Crippen LogP contribution in [0.1, 0.15) is 24.2 Å². The molecule has 0 aliphatic carbocycles. The number of urea groups is 1. The molecule has 3 N–H and O–H groups in total. The predicted octanol–water partition coefficient (Wildman–Crippen LogP) is 2.45. The minimum absolute atomic E-state index is 0.0826. The second kappa shape index (κ2) is 11.8. The summed E-state index contributed by atoms with van der Waals surface area (Å²) in [5, 5.41) is 15.2. The number of methoxy groups -OCH3 is 1. The zero-order valence-electron chi connectivity index (χ0n) is 21.6. The van der Waals surface area contributed by atoms with Crippen LogP contribution in [0.4, 0.5) is 16.2 Å². The molecular weight excluding hydrogens is 500 g/mol. The second-order valence-electron chi connectivity index (χ2n) is 9.18. The van der Waals surface area contributed by atoms with Crippen LogP contribution in [0.25, 0.3) is 0 Å². The molecule has 1 aliphatic rings. The summed E-state index contributed by atoms with van der Waals surface area (Å²) in [6, 6.07) is 10.5. The number of rotatable bonds is 8. The zero-order valence-corrected chi connectivity index (χ0v) is 22.4. The molecule has 37 heavy (non-hydrogen) atoms. The quantitative estimate of drug-likeness (QED) is 0.473. The standard InChI is InChI=1S/C25H34N4O7S/c1-16-13-29(17(2)15-30)24(31)21-12-19(27-25(32)26-18-6-9-20(35-4)10-7-18)8-11-22(21)36-23(16)14-28(3)37(5,33)34/h6-12,16-17,23,30H,13-15H2,1-5H3,(H2,26,27,32)/t16-,17+,23+/m1/s1. The van der Waals surface area contributed by atoms with Gasteiger partial charge < -0.3 is 30.1 Å². The summed E-state index contributed by atoms with van der Waals surface area (Å²) in [5.74, 6) is 0.323. The van der Waals surface area contributed by atoms with Crippen LogP contribution < -0.4 is 20.1 Å². The Morgan fingerprint density at radius 3 is 2.43 bits per heavy atom. The van der Waals surface area contributed by atoms with E-state index in [1.54, 1.807) is 55.3 Å². The molecule has 12 heteroatoms. The van der Waals surface area contributed by atoms with Gasteiger partial charge in [-0.25, -0.2) is 17.5 Å². The Morgan fingerprint density at radius 2 is 1.84 bits per heavy atom. The predicted molar refractivity (Wildman–Crippen MR) is 141 cm³/mol. The van der Waals surface area contributed by atoms with Gasteiger partial charge in [-0.1, -0.05) is 6.92 Å². The van der Waals surface area contributed by atoms with Gasteiger partial charge in [-0.15, -0.1) is 0 Å². The number of nitrogens with zero attached hydrogens (tertiary/aromatic N) is 2. The third kappa shape index (κ3) is 7.12. The molecule has 1 aliphatic heterocycles. The van der Waals surface area contributed by atoms with Gasteiger partial charge in [0, 0.05) is 30.9 Å². The number of aliphatic hydroxyl groups is 1. The van der Waals surface area contributed by atoms with Gasteiger partial charge in [-0.3, -0.25) is 4.79 Å². The van der Waals surface area contributed by atoms with E-state index in [9.17, 15) is 23.1 Å². The van der Waals surface area contributed by atoms with Crippen molar-refractivity contribution in [3.8, 4) is 11.5 Å². The van der Waals surface area contributed by atoms with Crippen LogP contribution in [0.15, 0.2) is 42.5 Å². The first-order chi connectivity index (χ1) is 17.4. The highest BCUT2D eigenvalue weighted by Gasteiger charge is 2.34. The molecule has 0 bridgehead atoms. The number of likely N-dealkylation sites (N-methyl/N-ethyl adjacent to an activating group) is 1. The number of anilines is 2. The lowest BCUT2D eigenvalue weighted by molar-refractivity contribution is 0.0387. The number of benzene rings is 2. The maximum absolute atomic E-state index is 13.5. The average Bonchev–Trinajstić information content (AvgIpc) is 2.85. The van der Waals surface area contributed by atoms with Gasteiger partial charge in [0.1, 0.15) is 17.6 Å². The van der Waals surface area contributed by atoms with Crippen LogP contribution >= 0.6 is 0 Å². The van der Waals surface area contributed by atoms with E-state index in [-0.39, 0.29) is 42.8 Å². The molecule has 3 rings (SSSR count). The van der Waals surface area contributed by atoms with E-state index in [4.69, 9.17) is 9.47 Å². The van der Waals surface area contributed by atoms with Gasteiger partial charge in [0.15, 0.2) is 0 Å². The Hall–Kier alpha value is -3.35. The lowest BCUT2D eigenvalue weighted by Gasteiger charge is -2.38. The molecule has 202 valence electrons. The minimum Gasteiger partial charge on any atom is -0.497 e. The van der Waals surface area contributed by atoms with E-state index in [2.05, 4.69) is 10.6 Å². The number of carbonyl (C=O) groups is 2. The van der Waals surface area contributed by atoms with Crippen LogP contribution in [0.3, 0.4) is 0 Å². The van der Waals surface area contributed by atoms with Gasteiger partial charge in [0.25, 0.3) is 5.91 Å². The van der Waals surface area contributed by atoms with Crippen molar-refractivity contribution >= 4 is 33.3 Å². The molecule has 1 heterocycles. The van der Waals surface area contributed by atoms with Gasteiger partial charge in [0.2, 0.25) is 10.0 Å². The number of amides is 3. The summed E-state index contributed by atoms with van der Waals surface area (Å²) in [4.78, 5) is 27.6. The van der Waals surface area contributed by atoms with Gasteiger partial charge in [0.05, 0.1) is 38.1 Å².